The second kappa shape index (κ2) is 7.60. The minimum absolute atomic E-state index is 0.0756. The third kappa shape index (κ3) is 3.61. The summed E-state index contributed by atoms with van der Waals surface area (Å²) >= 11 is 1.39. The lowest BCUT2D eigenvalue weighted by molar-refractivity contribution is -0.124. The van der Waals surface area contributed by atoms with Gasteiger partial charge in [-0.25, -0.2) is 0 Å². The summed E-state index contributed by atoms with van der Waals surface area (Å²) in [6.07, 6.45) is 3.92. The summed E-state index contributed by atoms with van der Waals surface area (Å²) in [5.41, 5.74) is 1.39. The molecule has 2 aromatic rings. The predicted octanol–water partition coefficient (Wildman–Crippen LogP) is 4.42. The van der Waals surface area contributed by atoms with E-state index < -0.39 is 6.04 Å². The second-order valence-electron chi connectivity index (χ2n) is 9.36. The SMILES string of the molecule is CC1(C)[C@H]2CC[C@]1(C)[C@H](NC(=O)[C@@H](Cc1ccccc1)NC(=O)c1cccs1)C2. The Morgan fingerprint density at radius 3 is 2.48 bits per heavy atom. The first-order valence-electron chi connectivity index (χ1n) is 10.5. The number of carbonyl (C=O) groups is 2. The zero-order chi connectivity index (χ0) is 20.6. The molecule has 0 saturated heterocycles. The molecule has 2 bridgehead atoms. The predicted molar refractivity (Wildman–Crippen MR) is 117 cm³/mol. The highest BCUT2D eigenvalue weighted by Crippen LogP contribution is 2.65. The molecule has 0 unspecified atom stereocenters. The van der Waals surface area contributed by atoms with Crippen LogP contribution in [0.5, 0.6) is 0 Å². The maximum Gasteiger partial charge on any atom is 0.262 e. The normalized spacial score (nSPS) is 28.1. The largest absolute Gasteiger partial charge is 0.351 e. The van der Waals surface area contributed by atoms with Gasteiger partial charge in [-0.15, -0.1) is 11.3 Å². The molecular weight excluding hydrogens is 380 g/mol. The van der Waals surface area contributed by atoms with E-state index in [1.165, 1.54) is 17.8 Å². The van der Waals surface area contributed by atoms with Gasteiger partial charge in [0.25, 0.3) is 5.91 Å². The number of carbonyl (C=O) groups excluding carboxylic acids is 2. The van der Waals surface area contributed by atoms with Gasteiger partial charge in [-0.05, 0) is 53.0 Å². The molecule has 0 spiro atoms. The van der Waals surface area contributed by atoms with Crippen LogP contribution in [0.4, 0.5) is 0 Å². The molecule has 29 heavy (non-hydrogen) atoms. The van der Waals surface area contributed by atoms with Crippen molar-refractivity contribution in [3.8, 4) is 0 Å². The van der Waals surface area contributed by atoms with Gasteiger partial charge in [-0.1, -0.05) is 57.2 Å². The lowest BCUT2D eigenvalue weighted by atomic mass is 9.69. The van der Waals surface area contributed by atoms with Gasteiger partial charge in [0.15, 0.2) is 0 Å². The van der Waals surface area contributed by atoms with E-state index in [0.29, 0.717) is 17.2 Å². The van der Waals surface area contributed by atoms with E-state index >= 15 is 0 Å². The molecule has 2 aliphatic rings. The summed E-state index contributed by atoms with van der Waals surface area (Å²) in [5, 5.41) is 8.18. The highest BCUT2D eigenvalue weighted by Gasteiger charge is 2.61. The van der Waals surface area contributed by atoms with Gasteiger partial charge in [0.2, 0.25) is 5.91 Å². The van der Waals surface area contributed by atoms with Crippen molar-refractivity contribution in [1.82, 2.24) is 10.6 Å². The fourth-order valence-corrected chi connectivity index (χ4v) is 6.02. The Morgan fingerprint density at radius 1 is 1.14 bits per heavy atom. The molecule has 4 rings (SSSR count). The Kier molecular flexibility index (Phi) is 5.28. The van der Waals surface area contributed by atoms with Crippen LogP contribution < -0.4 is 10.6 Å². The van der Waals surface area contributed by atoms with Gasteiger partial charge in [0, 0.05) is 12.5 Å². The number of nitrogens with one attached hydrogen (secondary N) is 2. The van der Waals surface area contributed by atoms with Crippen LogP contribution in [0, 0.1) is 16.7 Å². The highest BCUT2D eigenvalue weighted by atomic mass is 32.1. The molecule has 4 nitrogen and oxygen atoms in total. The molecule has 2 amide bonds. The molecule has 1 heterocycles. The van der Waals surface area contributed by atoms with Gasteiger partial charge < -0.3 is 10.6 Å². The van der Waals surface area contributed by atoms with E-state index in [1.54, 1.807) is 6.07 Å². The summed E-state index contributed by atoms with van der Waals surface area (Å²) < 4.78 is 0. The van der Waals surface area contributed by atoms with E-state index in [1.807, 2.05) is 41.8 Å². The summed E-state index contributed by atoms with van der Waals surface area (Å²) in [5.74, 6) is 0.398. The van der Waals surface area contributed by atoms with Crippen LogP contribution in [0.15, 0.2) is 47.8 Å². The molecule has 4 atom stereocenters. The Hall–Kier alpha value is -2.14. The molecule has 0 radical (unpaired) electrons. The number of rotatable bonds is 6. The van der Waals surface area contributed by atoms with Crippen molar-refractivity contribution >= 4 is 23.2 Å². The summed E-state index contributed by atoms with van der Waals surface area (Å²) in [7, 11) is 0. The van der Waals surface area contributed by atoms with Crippen molar-refractivity contribution in [2.75, 3.05) is 0 Å². The highest BCUT2D eigenvalue weighted by molar-refractivity contribution is 7.12. The minimum Gasteiger partial charge on any atom is -0.351 e. The topological polar surface area (TPSA) is 58.2 Å². The average molecular weight is 411 g/mol. The molecule has 154 valence electrons. The van der Waals surface area contributed by atoms with E-state index in [9.17, 15) is 9.59 Å². The smallest absolute Gasteiger partial charge is 0.262 e. The van der Waals surface area contributed by atoms with Crippen molar-refractivity contribution < 1.29 is 9.59 Å². The van der Waals surface area contributed by atoms with Crippen LogP contribution in [-0.2, 0) is 11.2 Å². The van der Waals surface area contributed by atoms with Crippen LogP contribution in [0.2, 0.25) is 0 Å². The number of amides is 2. The minimum atomic E-state index is -0.585. The van der Waals surface area contributed by atoms with Crippen molar-refractivity contribution in [2.24, 2.45) is 16.7 Å². The molecule has 2 aliphatic carbocycles. The van der Waals surface area contributed by atoms with Crippen LogP contribution in [0.1, 0.15) is 55.3 Å². The van der Waals surface area contributed by atoms with Crippen molar-refractivity contribution in [3.63, 3.8) is 0 Å². The lowest BCUT2D eigenvalue weighted by Crippen LogP contribution is -2.54. The molecule has 2 fully saturated rings. The van der Waals surface area contributed by atoms with Gasteiger partial charge in [-0.3, -0.25) is 9.59 Å². The average Bonchev–Trinajstić information content (AvgIpc) is 3.35. The number of fused-ring (bicyclic) bond motifs is 2. The van der Waals surface area contributed by atoms with Crippen molar-refractivity contribution in [3.05, 3.63) is 58.3 Å². The Labute approximate surface area is 177 Å². The Bertz CT molecular complexity index is 878. The fraction of sp³-hybridized carbons (Fsp3) is 0.500. The molecule has 1 aromatic carbocycles. The summed E-state index contributed by atoms with van der Waals surface area (Å²) in [4.78, 5) is 26.6. The van der Waals surface area contributed by atoms with Crippen LogP contribution in [0.3, 0.4) is 0 Å². The first-order chi connectivity index (χ1) is 13.8. The Balaban J connectivity index is 1.51. The first kappa shape index (κ1) is 20.1. The number of hydrogen-bond donors (Lipinski definition) is 2. The monoisotopic (exact) mass is 410 g/mol. The van der Waals surface area contributed by atoms with Crippen molar-refractivity contribution in [1.29, 1.82) is 0 Å². The summed E-state index contributed by atoms with van der Waals surface area (Å²) in [6, 6.07) is 13.1. The molecule has 1 aromatic heterocycles. The summed E-state index contributed by atoms with van der Waals surface area (Å²) in [6.45, 7) is 7.01. The van der Waals surface area contributed by atoms with Crippen LogP contribution >= 0.6 is 11.3 Å². The lowest BCUT2D eigenvalue weighted by Gasteiger charge is -2.40. The number of benzene rings is 1. The third-order valence-electron chi connectivity index (χ3n) is 7.76. The standard InChI is InChI=1S/C24H30N2O2S/c1-23(2)17-11-12-24(23,3)20(15-17)26-21(27)18(14-16-8-5-4-6-9-16)25-22(28)19-10-7-13-29-19/h4-10,13,17-18,20H,11-12,14-15H2,1-3H3,(H,25,28)(H,26,27)/t17-,18+,20+,24+/m0/s1. The molecule has 2 N–H and O–H groups in total. The van der Waals surface area contributed by atoms with E-state index in [2.05, 4.69) is 31.4 Å². The first-order valence-corrected chi connectivity index (χ1v) is 11.4. The van der Waals surface area contributed by atoms with Gasteiger partial charge >= 0.3 is 0 Å². The van der Waals surface area contributed by atoms with E-state index in [-0.39, 0.29) is 28.7 Å². The van der Waals surface area contributed by atoms with Crippen molar-refractivity contribution in [2.45, 2.75) is 58.5 Å². The quantitative estimate of drug-likeness (QED) is 0.741. The van der Waals surface area contributed by atoms with Crippen LogP contribution in [-0.4, -0.2) is 23.9 Å². The molecule has 0 aliphatic heterocycles. The Morgan fingerprint density at radius 2 is 1.90 bits per heavy atom. The van der Waals surface area contributed by atoms with Gasteiger partial charge in [0.1, 0.15) is 6.04 Å². The zero-order valence-corrected chi connectivity index (χ0v) is 18.2. The maximum atomic E-state index is 13.3. The number of hydrogen-bond acceptors (Lipinski definition) is 3. The molecule has 2 saturated carbocycles. The molecular formula is C24H30N2O2S. The maximum absolute atomic E-state index is 13.3. The fourth-order valence-electron chi connectivity index (χ4n) is 5.39. The van der Waals surface area contributed by atoms with E-state index in [4.69, 9.17) is 0 Å². The van der Waals surface area contributed by atoms with E-state index in [0.717, 1.165) is 18.4 Å². The van der Waals surface area contributed by atoms with Crippen LogP contribution in [0.25, 0.3) is 0 Å². The van der Waals surface area contributed by atoms with Gasteiger partial charge in [0.05, 0.1) is 4.88 Å². The second-order valence-corrected chi connectivity index (χ2v) is 10.3. The van der Waals surface area contributed by atoms with Gasteiger partial charge in [-0.2, -0.15) is 0 Å². The number of thiophene rings is 1. The molecule has 5 heteroatoms. The third-order valence-corrected chi connectivity index (χ3v) is 8.63. The zero-order valence-electron chi connectivity index (χ0n) is 17.4.